The van der Waals surface area contributed by atoms with E-state index in [0.717, 1.165) is 32.1 Å². The maximum atomic E-state index is 12.4. The molecule has 142 valence electrons. The first-order valence-electron chi connectivity index (χ1n) is 8.62. The Kier molecular flexibility index (Phi) is 4.54. The summed E-state index contributed by atoms with van der Waals surface area (Å²) in [7, 11) is 0. The van der Waals surface area contributed by atoms with Gasteiger partial charge < -0.3 is 14.6 Å². The van der Waals surface area contributed by atoms with Crippen LogP contribution in [0, 0.1) is 23.2 Å². The topological polar surface area (TPSA) is 72.8 Å². The molecule has 4 aliphatic carbocycles. The maximum Gasteiger partial charge on any atom is 0.401 e. The van der Waals surface area contributed by atoms with Crippen LogP contribution in [-0.2, 0) is 19.1 Å². The van der Waals surface area contributed by atoms with Crippen molar-refractivity contribution in [1.29, 1.82) is 0 Å². The van der Waals surface area contributed by atoms with Crippen LogP contribution in [0.25, 0.3) is 0 Å². The molecule has 0 heterocycles. The van der Waals surface area contributed by atoms with Gasteiger partial charge in [0.2, 0.25) is 0 Å². The van der Waals surface area contributed by atoms with Crippen LogP contribution < -0.4 is 0 Å². The number of ether oxygens (including phenoxy) is 2. The third-order valence-corrected chi connectivity index (χ3v) is 5.87. The fraction of sp³-hybridized carbons (Fsp3) is 0.882. The highest BCUT2D eigenvalue weighted by atomic mass is 19.4. The van der Waals surface area contributed by atoms with Crippen molar-refractivity contribution in [3.8, 4) is 0 Å². The summed E-state index contributed by atoms with van der Waals surface area (Å²) < 4.78 is 46.8. The number of hydrogen-bond acceptors (Lipinski definition) is 5. The number of carbonyl (C=O) groups excluding carboxylic acids is 2. The average molecular weight is 364 g/mol. The van der Waals surface area contributed by atoms with E-state index in [2.05, 4.69) is 4.74 Å². The summed E-state index contributed by atoms with van der Waals surface area (Å²) >= 11 is 0. The lowest BCUT2D eigenvalue weighted by molar-refractivity contribution is -0.199. The van der Waals surface area contributed by atoms with Crippen LogP contribution >= 0.6 is 0 Å². The van der Waals surface area contributed by atoms with Crippen molar-refractivity contribution in [2.45, 2.75) is 57.2 Å². The Balaban J connectivity index is 1.48. The van der Waals surface area contributed by atoms with Gasteiger partial charge in [-0.05, 0) is 57.3 Å². The highest BCUT2D eigenvalue weighted by Gasteiger charge is 2.57. The molecule has 0 aromatic rings. The van der Waals surface area contributed by atoms with Crippen molar-refractivity contribution >= 4 is 11.9 Å². The molecular formula is C17H23F3O5. The van der Waals surface area contributed by atoms with E-state index in [1.165, 1.54) is 0 Å². The Bertz CT molecular complexity index is 545. The molecule has 4 rings (SSSR count). The molecule has 3 unspecified atom stereocenters. The number of carbonyl (C=O) groups is 2. The fourth-order valence-electron chi connectivity index (χ4n) is 5.23. The second-order valence-electron chi connectivity index (χ2n) is 8.22. The van der Waals surface area contributed by atoms with Gasteiger partial charge in [-0.15, -0.1) is 0 Å². The van der Waals surface area contributed by atoms with Gasteiger partial charge in [0, 0.05) is 5.41 Å². The standard InChI is InChI=1S/C17H23F3O5/c1-10(17(18,19)20)14(22)24-7-13(21)25-9-15-3-11-2-12(4-15)6-16(23,5-11)8-15/h10-12,23H,2-9H2,1H3. The molecular weight excluding hydrogens is 341 g/mol. The molecule has 0 aromatic heterocycles. The number of hydrogen-bond donors (Lipinski definition) is 1. The van der Waals surface area contributed by atoms with Gasteiger partial charge in [-0.1, -0.05) is 0 Å². The monoisotopic (exact) mass is 364 g/mol. The molecule has 0 saturated heterocycles. The first-order chi connectivity index (χ1) is 11.5. The zero-order valence-electron chi connectivity index (χ0n) is 14.1. The zero-order chi connectivity index (χ0) is 18.5. The van der Waals surface area contributed by atoms with E-state index >= 15 is 0 Å². The molecule has 4 bridgehead atoms. The van der Waals surface area contributed by atoms with Crippen LogP contribution in [0.3, 0.4) is 0 Å². The lowest BCUT2D eigenvalue weighted by Gasteiger charge is -2.59. The quantitative estimate of drug-likeness (QED) is 0.759. The van der Waals surface area contributed by atoms with E-state index in [0.29, 0.717) is 25.2 Å². The molecule has 4 fully saturated rings. The minimum absolute atomic E-state index is 0.119. The van der Waals surface area contributed by atoms with Crippen LogP contribution in [0.4, 0.5) is 13.2 Å². The summed E-state index contributed by atoms with van der Waals surface area (Å²) in [5.41, 5.74) is -0.928. The van der Waals surface area contributed by atoms with Gasteiger partial charge in [0.15, 0.2) is 6.61 Å². The summed E-state index contributed by atoms with van der Waals surface area (Å²) in [6, 6.07) is 0. The van der Waals surface area contributed by atoms with Crippen LogP contribution in [0.2, 0.25) is 0 Å². The predicted octanol–water partition coefficient (Wildman–Crippen LogP) is 2.60. The predicted molar refractivity (Wildman–Crippen MR) is 79.2 cm³/mol. The average Bonchev–Trinajstić information content (AvgIpc) is 2.46. The number of aliphatic hydroxyl groups is 1. The summed E-state index contributed by atoms with van der Waals surface area (Å²) in [5.74, 6) is -3.75. The van der Waals surface area contributed by atoms with Gasteiger partial charge in [-0.2, -0.15) is 13.2 Å². The summed E-state index contributed by atoms with van der Waals surface area (Å²) in [6.45, 7) is -0.0240. The van der Waals surface area contributed by atoms with Gasteiger partial charge in [-0.3, -0.25) is 4.79 Å². The normalized spacial score (nSPS) is 37.6. The van der Waals surface area contributed by atoms with E-state index < -0.39 is 36.2 Å². The van der Waals surface area contributed by atoms with Gasteiger partial charge in [-0.25, -0.2) is 4.79 Å². The Morgan fingerprint density at radius 1 is 1.16 bits per heavy atom. The molecule has 0 amide bonds. The summed E-state index contributed by atoms with van der Waals surface area (Å²) in [4.78, 5) is 23.0. The number of rotatable bonds is 5. The lowest BCUT2D eigenvalue weighted by Crippen LogP contribution is -2.57. The number of halogens is 3. The third kappa shape index (κ3) is 3.93. The molecule has 0 spiro atoms. The van der Waals surface area contributed by atoms with Crippen molar-refractivity contribution < 1.29 is 37.3 Å². The Hall–Kier alpha value is -1.31. The number of alkyl halides is 3. The minimum atomic E-state index is -4.70. The number of esters is 2. The first-order valence-corrected chi connectivity index (χ1v) is 8.62. The molecule has 3 atom stereocenters. The molecule has 0 aliphatic heterocycles. The van der Waals surface area contributed by atoms with Crippen LogP contribution in [0.5, 0.6) is 0 Å². The van der Waals surface area contributed by atoms with E-state index in [9.17, 15) is 27.9 Å². The SMILES string of the molecule is CC(C(=O)OCC(=O)OCC12CC3CC(CC(O)(C3)C1)C2)C(F)(F)F. The summed E-state index contributed by atoms with van der Waals surface area (Å²) in [5, 5.41) is 10.6. The minimum Gasteiger partial charge on any atom is -0.463 e. The molecule has 25 heavy (non-hydrogen) atoms. The Labute approximate surface area is 143 Å². The van der Waals surface area contributed by atoms with Crippen molar-refractivity contribution in [3.05, 3.63) is 0 Å². The Morgan fingerprint density at radius 2 is 1.76 bits per heavy atom. The molecule has 4 aliphatic rings. The van der Waals surface area contributed by atoms with Gasteiger partial charge in [0.25, 0.3) is 0 Å². The zero-order valence-corrected chi connectivity index (χ0v) is 14.1. The fourth-order valence-corrected chi connectivity index (χ4v) is 5.23. The van der Waals surface area contributed by atoms with Gasteiger partial charge >= 0.3 is 18.1 Å². The molecule has 8 heteroatoms. The summed E-state index contributed by atoms with van der Waals surface area (Å²) in [6.07, 6.45) is 0.373. The molecule has 0 radical (unpaired) electrons. The van der Waals surface area contributed by atoms with E-state index in [-0.39, 0.29) is 12.0 Å². The smallest absolute Gasteiger partial charge is 0.401 e. The van der Waals surface area contributed by atoms with Crippen molar-refractivity contribution in [3.63, 3.8) is 0 Å². The highest BCUT2D eigenvalue weighted by molar-refractivity contribution is 5.78. The van der Waals surface area contributed by atoms with E-state index in [4.69, 9.17) is 4.74 Å². The molecule has 0 aromatic carbocycles. The second kappa shape index (κ2) is 6.14. The van der Waals surface area contributed by atoms with Crippen LogP contribution in [0.15, 0.2) is 0 Å². The van der Waals surface area contributed by atoms with Gasteiger partial charge in [0.05, 0.1) is 12.2 Å². The van der Waals surface area contributed by atoms with E-state index in [1.54, 1.807) is 0 Å². The van der Waals surface area contributed by atoms with Crippen LogP contribution in [-0.4, -0.2) is 42.0 Å². The van der Waals surface area contributed by atoms with Gasteiger partial charge in [0.1, 0.15) is 5.92 Å². The second-order valence-corrected chi connectivity index (χ2v) is 8.22. The highest BCUT2D eigenvalue weighted by Crippen LogP contribution is 2.61. The van der Waals surface area contributed by atoms with Crippen molar-refractivity contribution in [1.82, 2.24) is 0 Å². The molecule has 4 saturated carbocycles. The van der Waals surface area contributed by atoms with Crippen molar-refractivity contribution in [2.75, 3.05) is 13.2 Å². The van der Waals surface area contributed by atoms with Crippen molar-refractivity contribution in [2.24, 2.45) is 23.2 Å². The molecule has 1 N–H and O–H groups in total. The Morgan fingerprint density at radius 3 is 2.28 bits per heavy atom. The lowest BCUT2D eigenvalue weighted by atomic mass is 9.48. The first kappa shape index (κ1) is 18.5. The maximum absolute atomic E-state index is 12.4. The largest absolute Gasteiger partial charge is 0.463 e. The van der Waals surface area contributed by atoms with E-state index in [1.807, 2.05) is 0 Å². The van der Waals surface area contributed by atoms with Crippen LogP contribution in [0.1, 0.15) is 45.4 Å². The molecule has 5 nitrogen and oxygen atoms in total. The third-order valence-electron chi connectivity index (χ3n) is 5.87.